The summed E-state index contributed by atoms with van der Waals surface area (Å²) in [5.74, 6) is 1.32. The molecule has 0 saturated carbocycles. The molecule has 1 aliphatic heterocycles. The molecule has 1 heterocycles. The van der Waals surface area contributed by atoms with E-state index in [1.165, 1.54) is 6.42 Å². The second kappa shape index (κ2) is 4.65. The number of aldehydes is 1. The standard InChI is InChI=1S/C13H24O2/c1-6-9(2)10(3)12-11(15-12)7-13(4,5)8-14/h8-12H,6-7H2,1-5H3/t9-,10+,11-,12+/m0/s1. The lowest BCUT2D eigenvalue weighted by atomic mass is 9.84. The molecule has 0 aliphatic carbocycles. The van der Waals surface area contributed by atoms with Crippen molar-refractivity contribution in [1.29, 1.82) is 0 Å². The summed E-state index contributed by atoms with van der Waals surface area (Å²) < 4.78 is 5.68. The summed E-state index contributed by atoms with van der Waals surface area (Å²) in [6.45, 7) is 10.7. The molecule has 2 heteroatoms. The molecule has 0 aromatic rings. The van der Waals surface area contributed by atoms with Crippen molar-refractivity contribution in [3.8, 4) is 0 Å². The lowest BCUT2D eigenvalue weighted by Crippen LogP contribution is -2.20. The zero-order valence-corrected chi connectivity index (χ0v) is 10.6. The van der Waals surface area contributed by atoms with Crippen LogP contribution in [-0.2, 0) is 9.53 Å². The largest absolute Gasteiger partial charge is 0.369 e. The van der Waals surface area contributed by atoms with Crippen molar-refractivity contribution < 1.29 is 9.53 Å². The molecule has 0 spiro atoms. The number of carbonyl (C=O) groups excluding carboxylic acids is 1. The van der Waals surface area contributed by atoms with Crippen LogP contribution >= 0.6 is 0 Å². The summed E-state index contributed by atoms with van der Waals surface area (Å²) in [5.41, 5.74) is -0.228. The minimum Gasteiger partial charge on any atom is -0.369 e. The molecule has 2 nitrogen and oxygen atoms in total. The maximum atomic E-state index is 10.8. The van der Waals surface area contributed by atoms with Gasteiger partial charge in [0.25, 0.3) is 0 Å². The lowest BCUT2D eigenvalue weighted by molar-refractivity contribution is -0.115. The maximum Gasteiger partial charge on any atom is 0.125 e. The van der Waals surface area contributed by atoms with E-state index in [-0.39, 0.29) is 5.41 Å². The predicted molar refractivity (Wildman–Crippen MR) is 61.7 cm³/mol. The summed E-state index contributed by atoms with van der Waals surface area (Å²) in [4.78, 5) is 10.8. The van der Waals surface area contributed by atoms with Gasteiger partial charge in [0, 0.05) is 5.41 Å². The highest BCUT2D eigenvalue weighted by Crippen LogP contribution is 2.40. The topological polar surface area (TPSA) is 29.6 Å². The first-order chi connectivity index (χ1) is 6.91. The van der Waals surface area contributed by atoms with Gasteiger partial charge in [-0.25, -0.2) is 0 Å². The van der Waals surface area contributed by atoms with Gasteiger partial charge in [-0.05, 0) is 18.3 Å². The van der Waals surface area contributed by atoms with Crippen molar-refractivity contribution in [2.45, 2.75) is 59.7 Å². The molecule has 0 bridgehead atoms. The highest BCUT2D eigenvalue weighted by molar-refractivity contribution is 5.58. The van der Waals surface area contributed by atoms with Crippen LogP contribution in [0.2, 0.25) is 0 Å². The minimum absolute atomic E-state index is 0.228. The van der Waals surface area contributed by atoms with Crippen LogP contribution in [0.4, 0.5) is 0 Å². The monoisotopic (exact) mass is 212 g/mol. The third-order valence-electron chi connectivity index (χ3n) is 3.73. The van der Waals surface area contributed by atoms with Crippen LogP contribution in [0.3, 0.4) is 0 Å². The molecule has 1 fully saturated rings. The Balaban J connectivity index is 2.37. The molecule has 0 N–H and O–H groups in total. The van der Waals surface area contributed by atoms with Crippen molar-refractivity contribution in [2.24, 2.45) is 17.3 Å². The Morgan fingerprint density at radius 3 is 2.47 bits per heavy atom. The summed E-state index contributed by atoms with van der Waals surface area (Å²) in [7, 11) is 0. The van der Waals surface area contributed by atoms with Gasteiger partial charge in [-0.2, -0.15) is 0 Å². The van der Waals surface area contributed by atoms with Crippen LogP contribution in [0.1, 0.15) is 47.5 Å². The Morgan fingerprint density at radius 2 is 2.00 bits per heavy atom. The molecule has 0 aromatic carbocycles. The van der Waals surface area contributed by atoms with Crippen molar-refractivity contribution in [3.05, 3.63) is 0 Å². The molecule has 0 radical (unpaired) electrons. The molecule has 4 atom stereocenters. The van der Waals surface area contributed by atoms with Crippen LogP contribution in [0, 0.1) is 17.3 Å². The van der Waals surface area contributed by atoms with Crippen molar-refractivity contribution >= 4 is 6.29 Å². The van der Waals surface area contributed by atoms with E-state index in [1.54, 1.807) is 0 Å². The van der Waals surface area contributed by atoms with Gasteiger partial charge in [0.15, 0.2) is 0 Å². The van der Waals surface area contributed by atoms with Gasteiger partial charge in [0.2, 0.25) is 0 Å². The van der Waals surface area contributed by atoms with E-state index in [1.807, 2.05) is 13.8 Å². The van der Waals surface area contributed by atoms with E-state index in [0.717, 1.165) is 12.7 Å². The summed E-state index contributed by atoms with van der Waals surface area (Å²) in [5, 5.41) is 0. The Labute approximate surface area is 93.4 Å². The van der Waals surface area contributed by atoms with Crippen molar-refractivity contribution in [3.63, 3.8) is 0 Å². The van der Waals surface area contributed by atoms with Gasteiger partial charge in [0.05, 0.1) is 12.2 Å². The molecular weight excluding hydrogens is 188 g/mol. The van der Waals surface area contributed by atoms with E-state index in [0.29, 0.717) is 24.0 Å². The second-order valence-electron chi connectivity index (χ2n) is 5.69. The number of rotatable bonds is 6. The van der Waals surface area contributed by atoms with Crippen LogP contribution < -0.4 is 0 Å². The molecule has 15 heavy (non-hydrogen) atoms. The van der Waals surface area contributed by atoms with Gasteiger partial charge >= 0.3 is 0 Å². The van der Waals surface area contributed by atoms with E-state index in [9.17, 15) is 4.79 Å². The smallest absolute Gasteiger partial charge is 0.125 e. The van der Waals surface area contributed by atoms with Crippen molar-refractivity contribution in [1.82, 2.24) is 0 Å². The number of carbonyl (C=O) groups is 1. The maximum absolute atomic E-state index is 10.8. The van der Waals surface area contributed by atoms with E-state index >= 15 is 0 Å². The van der Waals surface area contributed by atoms with Gasteiger partial charge in [-0.15, -0.1) is 0 Å². The fraction of sp³-hybridized carbons (Fsp3) is 0.923. The fourth-order valence-corrected chi connectivity index (χ4v) is 2.05. The molecule has 0 aromatic heterocycles. The normalized spacial score (nSPS) is 29.7. The first-order valence-corrected chi connectivity index (χ1v) is 6.03. The first-order valence-electron chi connectivity index (χ1n) is 6.03. The number of hydrogen-bond donors (Lipinski definition) is 0. The Hall–Kier alpha value is -0.370. The zero-order chi connectivity index (χ0) is 11.6. The lowest BCUT2D eigenvalue weighted by Gasteiger charge is -2.17. The molecule has 1 rings (SSSR count). The highest BCUT2D eigenvalue weighted by atomic mass is 16.6. The van der Waals surface area contributed by atoms with Crippen LogP contribution in [-0.4, -0.2) is 18.5 Å². The third kappa shape index (κ3) is 3.30. The predicted octanol–water partition coefficient (Wildman–Crippen LogP) is 3.05. The van der Waals surface area contributed by atoms with Gasteiger partial charge in [-0.1, -0.05) is 41.0 Å². The van der Waals surface area contributed by atoms with Crippen LogP contribution in [0.15, 0.2) is 0 Å². The fourth-order valence-electron chi connectivity index (χ4n) is 2.05. The summed E-state index contributed by atoms with van der Waals surface area (Å²) in [6, 6.07) is 0. The molecule has 0 unspecified atom stereocenters. The van der Waals surface area contributed by atoms with Gasteiger partial charge in [-0.3, -0.25) is 0 Å². The SMILES string of the molecule is CC[C@H](C)[C@@H](C)[C@H]1O[C@H]1CC(C)(C)C=O. The van der Waals surface area contributed by atoms with E-state index < -0.39 is 0 Å². The van der Waals surface area contributed by atoms with Gasteiger partial charge in [0.1, 0.15) is 6.29 Å². The van der Waals surface area contributed by atoms with E-state index in [4.69, 9.17) is 4.74 Å². The average molecular weight is 212 g/mol. The minimum atomic E-state index is -0.228. The van der Waals surface area contributed by atoms with Crippen LogP contribution in [0.5, 0.6) is 0 Å². The molecule has 1 saturated heterocycles. The Kier molecular flexibility index (Phi) is 3.93. The molecule has 1 aliphatic rings. The molecule has 0 amide bonds. The van der Waals surface area contributed by atoms with Crippen LogP contribution in [0.25, 0.3) is 0 Å². The number of ether oxygens (including phenoxy) is 1. The van der Waals surface area contributed by atoms with E-state index in [2.05, 4.69) is 20.8 Å². The summed E-state index contributed by atoms with van der Waals surface area (Å²) in [6.07, 6.45) is 3.81. The molecular formula is C13H24O2. The average Bonchev–Trinajstić information content (AvgIpc) is 2.94. The van der Waals surface area contributed by atoms with Gasteiger partial charge < -0.3 is 9.53 Å². The summed E-state index contributed by atoms with van der Waals surface area (Å²) >= 11 is 0. The molecule has 88 valence electrons. The zero-order valence-electron chi connectivity index (χ0n) is 10.6. The Morgan fingerprint density at radius 1 is 1.40 bits per heavy atom. The number of hydrogen-bond acceptors (Lipinski definition) is 2. The first kappa shape index (κ1) is 12.7. The van der Waals surface area contributed by atoms with Crippen molar-refractivity contribution in [2.75, 3.05) is 0 Å². The quantitative estimate of drug-likeness (QED) is 0.500. The highest BCUT2D eigenvalue weighted by Gasteiger charge is 2.46. The second-order valence-corrected chi connectivity index (χ2v) is 5.69. The number of epoxide rings is 1. The third-order valence-corrected chi connectivity index (χ3v) is 3.73. The Bertz CT molecular complexity index is 223.